The fourth-order valence-electron chi connectivity index (χ4n) is 2.12. The van der Waals surface area contributed by atoms with Gasteiger partial charge in [-0.1, -0.05) is 46.5 Å². The first-order valence-corrected chi connectivity index (χ1v) is 7.45. The van der Waals surface area contributed by atoms with E-state index in [9.17, 15) is 4.79 Å². The lowest BCUT2D eigenvalue weighted by Gasteiger charge is -2.16. The highest BCUT2D eigenvalue weighted by Crippen LogP contribution is 2.15. The van der Waals surface area contributed by atoms with Crippen molar-refractivity contribution in [3.63, 3.8) is 0 Å². The molecule has 0 saturated heterocycles. The Labute approximate surface area is 112 Å². The molecule has 0 unspecified atom stereocenters. The molecule has 2 N–H and O–H groups in total. The van der Waals surface area contributed by atoms with Crippen molar-refractivity contribution in [1.29, 1.82) is 0 Å². The molecule has 0 heterocycles. The van der Waals surface area contributed by atoms with E-state index in [2.05, 4.69) is 20.8 Å². The minimum atomic E-state index is -0.0819. The Morgan fingerprint density at radius 1 is 1.17 bits per heavy atom. The first kappa shape index (κ1) is 17.4. The van der Waals surface area contributed by atoms with Crippen molar-refractivity contribution < 1.29 is 9.53 Å². The minimum Gasteiger partial charge on any atom is -0.466 e. The maximum Gasteiger partial charge on any atom is 0.306 e. The Kier molecular flexibility index (Phi) is 11.2. The Morgan fingerprint density at radius 2 is 1.83 bits per heavy atom. The molecule has 0 aliphatic rings. The molecule has 108 valence electrons. The highest BCUT2D eigenvalue weighted by molar-refractivity contribution is 5.69. The Bertz CT molecular complexity index is 205. The van der Waals surface area contributed by atoms with Gasteiger partial charge in [-0.2, -0.15) is 0 Å². The van der Waals surface area contributed by atoms with Gasteiger partial charge in [0.05, 0.1) is 6.61 Å². The van der Waals surface area contributed by atoms with E-state index in [4.69, 9.17) is 10.5 Å². The summed E-state index contributed by atoms with van der Waals surface area (Å²) in [5, 5.41) is 0. The summed E-state index contributed by atoms with van der Waals surface area (Å²) in [5.41, 5.74) is 5.67. The van der Waals surface area contributed by atoms with Crippen LogP contribution in [0.2, 0.25) is 0 Å². The second-order valence-corrected chi connectivity index (χ2v) is 5.57. The number of unbranched alkanes of at least 4 members (excludes halogenated alkanes) is 4. The Morgan fingerprint density at radius 3 is 2.39 bits per heavy atom. The van der Waals surface area contributed by atoms with Crippen molar-refractivity contribution in [2.75, 3.05) is 13.2 Å². The molecule has 18 heavy (non-hydrogen) atoms. The third kappa shape index (κ3) is 10.6. The quantitative estimate of drug-likeness (QED) is 0.455. The van der Waals surface area contributed by atoms with Crippen LogP contribution in [0.15, 0.2) is 0 Å². The van der Waals surface area contributed by atoms with Gasteiger partial charge in [-0.05, 0) is 31.2 Å². The van der Waals surface area contributed by atoms with Gasteiger partial charge in [-0.15, -0.1) is 0 Å². The zero-order valence-electron chi connectivity index (χ0n) is 12.4. The topological polar surface area (TPSA) is 52.3 Å². The van der Waals surface area contributed by atoms with Gasteiger partial charge >= 0.3 is 5.97 Å². The molecule has 0 aliphatic carbocycles. The van der Waals surface area contributed by atoms with E-state index in [1.54, 1.807) is 0 Å². The maximum atomic E-state index is 11.6. The van der Waals surface area contributed by atoms with Gasteiger partial charge in [0.1, 0.15) is 0 Å². The molecular formula is C15H31NO2. The van der Waals surface area contributed by atoms with Gasteiger partial charge in [0.2, 0.25) is 0 Å². The number of carbonyl (C=O) groups excluding carboxylic acids is 1. The van der Waals surface area contributed by atoms with Gasteiger partial charge in [-0.3, -0.25) is 4.79 Å². The highest BCUT2D eigenvalue weighted by Gasteiger charge is 2.14. The molecule has 0 fully saturated rings. The van der Waals surface area contributed by atoms with Gasteiger partial charge in [0.25, 0.3) is 0 Å². The van der Waals surface area contributed by atoms with Crippen LogP contribution in [0.1, 0.15) is 65.7 Å². The summed E-state index contributed by atoms with van der Waals surface area (Å²) in [7, 11) is 0. The van der Waals surface area contributed by atoms with E-state index >= 15 is 0 Å². The van der Waals surface area contributed by atoms with Crippen molar-refractivity contribution in [1.82, 2.24) is 0 Å². The summed E-state index contributed by atoms with van der Waals surface area (Å²) in [6.45, 7) is 7.65. The van der Waals surface area contributed by atoms with Crippen LogP contribution in [0.4, 0.5) is 0 Å². The molecule has 3 heteroatoms. The van der Waals surface area contributed by atoms with Crippen LogP contribution in [-0.2, 0) is 9.53 Å². The number of rotatable bonds is 11. The normalized spacial score (nSPS) is 12.7. The summed E-state index contributed by atoms with van der Waals surface area (Å²) in [4.78, 5) is 11.6. The lowest BCUT2D eigenvalue weighted by molar-refractivity contribution is -0.144. The fraction of sp³-hybridized carbons (Fsp3) is 0.933. The van der Waals surface area contributed by atoms with Crippen molar-refractivity contribution in [2.24, 2.45) is 17.6 Å². The van der Waals surface area contributed by atoms with Crippen LogP contribution in [0.5, 0.6) is 0 Å². The second kappa shape index (κ2) is 11.5. The minimum absolute atomic E-state index is 0.0819. The fourth-order valence-corrected chi connectivity index (χ4v) is 2.12. The third-order valence-corrected chi connectivity index (χ3v) is 3.10. The van der Waals surface area contributed by atoms with Gasteiger partial charge in [-0.25, -0.2) is 0 Å². The molecule has 3 nitrogen and oxygen atoms in total. The smallest absolute Gasteiger partial charge is 0.306 e. The molecule has 0 aromatic rings. The van der Waals surface area contributed by atoms with Gasteiger partial charge < -0.3 is 10.5 Å². The van der Waals surface area contributed by atoms with Crippen LogP contribution in [0, 0.1) is 11.8 Å². The molecule has 1 atom stereocenters. The van der Waals surface area contributed by atoms with Crippen molar-refractivity contribution in [3.8, 4) is 0 Å². The molecule has 0 aliphatic heterocycles. The predicted molar refractivity (Wildman–Crippen MR) is 76.3 cm³/mol. The zero-order valence-corrected chi connectivity index (χ0v) is 12.4. The lowest BCUT2D eigenvalue weighted by atomic mass is 9.94. The van der Waals surface area contributed by atoms with Crippen LogP contribution in [-0.4, -0.2) is 19.1 Å². The number of hydrogen-bond acceptors (Lipinski definition) is 3. The van der Waals surface area contributed by atoms with Crippen LogP contribution in [0.25, 0.3) is 0 Å². The Hall–Kier alpha value is -0.570. The van der Waals surface area contributed by atoms with E-state index in [0.717, 1.165) is 19.3 Å². The highest BCUT2D eigenvalue weighted by atomic mass is 16.5. The van der Waals surface area contributed by atoms with E-state index in [1.165, 1.54) is 19.3 Å². The van der Waals surface area contributed by atoms with Crippen LogP contribution in [0.3, 0.4) is 0 Å². The second-order valence-electron chi connectivity index (χ2n) is 5.57. The standard InChI is InChI=1S/C15H31NO2/c1-4-5-6-7-8-9-18-15(17)11-14(12-16)10-13(2)3/h13-14H,4-12,16H2,1-3H3/t14-/m0/s1. The van der Waals surface area contributed by atoms with Crippen LogP contribution >= 0.6 is 0 Å². The van der Waals surface area contributed by atoms with E-state index in [0.29, 0.717) is 25.5 Å². The summed E-state index contributed by atoms with van der Waals surface area (Å²) < 4.78 is 5.24. The van der Waals surface area contributed by atoms with Gasteiger partial charge in [0, 0.05) is 6.42 Å². The van der Waals surface area contributed by atoms with Crippen molar-refractivity contribution in [3.05, 3.63) is 0 Å². The number of esters is 1. The van der Waals surface area contributed by atoms with Crippen molar-refractivity contribution >= 4 is 5.97 Å². The number of ether oxygens (including phenoxy) is 1. The van der Waals surface area contributed by atoms with Crippen LogP contribution < -0.4 is 5.73 Å². The molecule has 0 aromatic heterocycles. The zero-order chi connectivity index (χ0) is 13.8. The van der Waals surface area contributed by atoms with E-state index < -0.39 is 0 Å². The lowest BCUT2D eigenvalue weighted by Crippen LogP contribution is -2.21. The molecular weight excluding hydrogens is 226 g/mol. The molecule has 0 aromatic carbocycles. The summed E-state index contributed by atoms with van der Waals surface area (Å²) in [6, 6.07) is 0. The molecule has 0 amide bonds. The molecule has 0 rings (SSSR count). The largest absolute Gasteiger partial charge is 0.466 e. The number of nitrogens with two attached hydrogens (primary N) is 1. The molecule has 0 spiro atoms. The Balaban J connectivity index is 3.56. The predicted octanol–water partition coefficient (Wildman–Crippen LogP) is 3.51. The average molecular weight is 257 g/mol. The molecule has 0 saturated carbocycles. The average Bonchev–Trinajstić information content (AvgIpc) is 2.32. The third-order valence-electron chi connectivity index (χ3n) is 3.10. The maximum absolute atomic E-state index is 11.6. The number of hydrogen-bond donors (Lipinski definition) is 1. The van der Waals surface area contributed by atoms with E-state index in [-0.39, 0.29) is 11.9 Å². The number of carbonyl (C=O) groups is 1. The molecule has 0 bridgehead atoms. The first-order valence-electron chi connectivity index (χ1n) is 7.45. The monoisotopic (exact) mass is 257 g/mol. The summed E-state index contributed by atoms with van der Waals surface area (Å²) >= 11 is 0. The molecule has 0 radical (unpaired) electrons. The summed E-state index contributed by atoms with van der Waals surface area (Å²) in [6.07, 6.45) is 7.39. The van der Waals surface area contributed by atoms with Crippen molar-refractivity contribution in [2.45, 2.75) is 65.7 Å². The SMILES string of the molecule is CCCCCCCOC(=O)C[C@@H](CN)CC(C)C. The summed E-state index contributed by atoms with van der Waals surface area (Å²) in [5.74, 6) is 0.777. The van der Waals surface area contributed by atoms with E-state index in [1.807, 2.05) is 0 Å². The van der Waals surface area contributed by atoms with Gasteiger partial charge in [0.15, 0.2) is 0 Å². The first-order chi connectivity index (χ1) is 8.60.